The van der Waals surface area contributed by atoms with Gasteiger partial charge in [0.1, 0.15) is 5.75 Å². The highest BCUT2D eigenvalue weighted by Gasteiger charge is 2.13. The van der Waals surface area contributed by atoms with Gasteiger partial charge in [-0.25, -0.2) is 0 Å². The quantitative estimate of drug-likeness (QED) is 0.842. The maximum Gasteiger partial charge on any atom is 0.223 e. The molecular formula is C15H21ClN2O3. The third kappa shape index (κ3) is 5.27. The summed E-state index contributed by atoms with van der Waals surface area (Å²) in [7, 11) is 1.53. The van der Waals surface area contributed by atoms with E-state index < -0.39 is 0 Å². The first-order chi connectivity index (χ1) is 9.99. The Morgan fingerprint density at radius 1 is 1.38 bits per heavy atom. The molecule has 1 aromatic rings. The molecule has 0 saturated heterocycles. The van der Waals surface area contributed by atoms with Crippen molar-refractivity contribution in [1.82, 2.24) is 5.32 Å². The number of anilines is 1. The van der Waals surface area contributed by atoms with Gasteiger partial charge in [0.2, 0.25) is 11.8 Å². The summed E-state index contributed by atoms with van der Waals surface area (Å²) in [6, 6.07) is 5.15. The minimum Gasteiger partial charge on any atom is -0.495 e. The molecule has 116 valence electrons. The number of carbonyl (C=O) groups excluding carboxylic acids is 2. The number of rotatable bonds is 7. The van der Waals surface area contributed by atoms with Crippen LogP contribution in [-0.4, -0.2) is 32.0 Å². The molecule has 0 spiro atoms. The van der Waals surface area contributed by atoms with Gasteiger partial charge in [0.25, 0.3) is 0 Å². The number of carbonyl (C=O) groups is 2. The van der Waals surface area contributed by atoms with Crippen LogP contribution in [0.15, 0.2) is 18.2 Å². The Hall–Kier alpha value is -1.75. The third-order valence-electron chi connectivity index (χ3n) is 2.96. The van der Waals surface area contributed by atoms with Gasteiger partial charge in [-0.3, -0.25) is 9.59 Å². The molecule has 2 amide bonds. The van der Waals surface area contributed by atoms with Crippen LogP contribution in [0.1, 0.15) is 26.7 Å². The van der Waals surface area contributed by atoms with Gasteiger partial charge >= 0.3 is 0 Å². The molecule has 0 saturated carbocycles. The lowest BCUT2D eigenvalue weighted by Gasteiger charge is -2.22. The largest absolute Gasteiger partial charge is 0.495 e. The van der Waals surface area contributed by atoms with E-state index in [0.29, 0.717) is 36.0 Å². The van der Waals surface area contributed by atoms with E-state index in [0.717, 1.165) is 6.42 Å². The summed E-state index contributed by atoms with van der Waals surface area (Å²) >= 11 is 6.07. The van der Waals surface area contributed by atoms with Crippen LogP contribution in [0.25, 0.3) is 0 Å². The number of benzene rings is 1. The van der Waals surface area contributed by atoms with Crippen LogP contribution in [-0.2, 0) is 9.59 Å². The zero-order valence-electron chi connectivity index (χ0n) is 12.6. The number of nitrogens with one attached hydrogen (secondary N) is 1. The first kappa shape index (κ1) is 17.3. The number of amides is 2. The van der Waals surface area contributed by atoms with Gasteiger partial charge in [0.15, 0.2) is 0 Å². The minimum absolute atomic E-state index is 0.00577. The maximum absolute atomic E-state index is 11.8. The van der Waals surface area contributed by atoms with Crippen LogP contribution >= 0.6 is 11.6 Å². The van der Waals surface area contributed by atoms with E-state index in [9.17, 15) is 9.59 Å². The maximum atomic E-state index is 11.8. The molecule has 0 aliphatic carbocycles. The molecule has 6 heteroatoms. The number of hydrogen-bond donors (Lipinski definition) is 1. The normalized spacial score (nSPS) is 10.1. The first-order valence-electron chi connectivity index (χ1n) is 6.88. The summed E-state index contributed by atoms with van der Waals surface area (Å²) in [5.41, 5.74) is 0.679. The van der Waals surface area contributed by atoms with Gasteiger partial charge in [0.05, 0.1) is 12.1 Å². The van der Waals surface area contributed by atoms with Gasteiger partial charge in [-0.05, 0) is 24.6 Å². The smallest absolute Gasteiger partial charge is 0.223 e. The Balaban J connectivity index is 2.71. The number of halogens is 1. The van der Waals surface area contributed by atoms with Crippen molar-refractivity contribution in [2.45, 2.75) is 26.7 Å². The number of methoxy groups -OCH3 is 1. The van der Waals surface area contributed by atoms with Crippen LogP contribution in [0.5, 0.6) is 5.75 Å². The van der Waals surface area contributed by atoms with Crippen LogP contribution in [0.2, 0.25) is 5.02 Å². The SMILES string of the molecule is CCCC(=O)NCCN(C(C)=O)c1ccc(OC)c(Cl)c1. The molecule has 0 aliphatic heterocycles. The fourth-order valence-electron chi connectivity index (χ4n) is 1.91. The summed E-state index contributed by atoms with van der Waals surface area (Å²) in [5.74, 6) is 0.440. The summed E-state index contributed by atoms with van der Waals surface area (Å²) in [5, 5.41) is 3.23. The Morgan fingerprint density at radius 3 is 2.62 bits per heavy atom. The molecule has 21 heavy (non-hydrogen) atoms. The molecule has 0 bridgehead atoms. The van der Waals surface area contributed by atoms with Crippen LogP contribution < -0.4 is 15.0 Å². The van der Waals surface area contributed by atoms with E-state index in [4.69, 9.17) is 16.3 Å². The molecule has 1 aromatic carbocycles. The van der Waals surface area contributed by atoms with Gasteiger partial charge < -0.3 is 15.0 Å². The van der Waals surface area contributed by atoms with Crippen molar-refractivity contribution in [2.75, 3.05) is 25.1 Å². The fraction of sp³-hybridized carbons (Fsp3) is 0.467. The fourth-order valence-corrected chi connectivity index (χ4v) is 2.17. The Kier molecular flexibility index (Phi) is 7.02. The Bertz CT molecular complexity index is 506. The average Bonchev–Trinajstić information content (AvgIpc) is 2.43. The van der Waals surface area contributed by atoms with Gasteiger partial charge in [-0.2, -0.15) is 0 Å². The predicted molar refractivity (Wildman–Crippen MR) is 83.9 cm³/mol. The van der Waals surface area contributed by atoms with E-state index >= 15 is 0 Å². The summed E-state index contributed by atoms with van der Waals surface area (Å²) in [6.07, 6.45) is 1.30. The minimum atomic E-state index is -0.110. The van der Waals surface area contributed by atoms with Crippen molar-refractivity contribution in [1.29, 1.82) is 0 Å². The monoisotopic (exact) mass is 312 g/mol. The molecule has 0 radical (unpaired) electrons. The van der Waals surface area contributed by atoms with Crippen molar-refractivity contribution < 1.29 is 14.3 Å². The highest BCUT2D eigenvalue weighted by molar-refractivity contribution is 6.32. The summed E-state index contributed by atoms with van der Waals surface area (Å²) in [6.45, 7) is 4.22. The van der Waals surface area contributed by atoms with Crippen LogP contribution in [0.3, 0.4) is 0 Å². The van der Waals surface area contributed by atoms with Gasteiger partial charge in [0, 0.05) is 32.1 Å². The van der Waals surface area contributed by atoms with Crippen molar-refractivity contribution in [3.05, 3.63) is 23.2 Å². The lowest BCUT2D eigenvalue weighted by molar-refractivity contribution is -0.121. The molecule has 1 N–H and O–H groups in total. The van der Waals surface area contributed by atoms with E-state index in [1.807, 2.05) is 6.92 Å². The second kappa shape index (κ2) is 8.52. The molecule has 5 nitrogen and oxygen atoms in total. The van der Waals surface area contributed by atoms with Crippen molar-refractivity contribution in [3.63, 3.8) is 0 Å². The Labute approximate surface area is 130 Å². The number of ether oxygens (including phenoxy) is 1. The topological polar surface area (TPSA) is 58.6 Å². The highest BCUT2D eigenvalue weighted by atomic mass is 35.5. The van der Waals surface area contributed by atoms with Crippen LogP contribution in [0, 0.1) is 0 Å². The summed E-state index contributed by atoms with van der Waals surface area (Å²) in [4.78, 5) is 24.7. The van der Waals surface area contributed by atoms with E-state index in [1.165, 1.54) is 14.0 Å². The molecule has 0 heterocycles. The predicted octanol–water partition coefficient (Wildman–Crippen LogP) is 2.62. The second-order valence-corrected chi connectivity index (χ2v) is 5.00. The molecule has 0 atom stereocenters. The van der Waals surface area contributed by atoms with Crippen molar-refractivity contribution in [2.24, 2.45) is 0 Å². The lowest BCUT2D eigenvalue weighted by atomic mass is 10.2. The molecule has 0 aromatic heterocycles. The molecule has 0 unspecified atom stereocenters. The third-order valence-corrected chi connectivity index (χ3v) is 3.26. The molecule has 0 aliphatic rings. The lowest BCUT2D eigenvalue weighted by Crippen LogP contribution is -2.37. The van der Waals surface area contributed by atoms with E-state index in [-0.39, 0.29) is 11.8 Å². The van der Waals surface area contributed by atoms with Crippen LogP contribution in [0.4, 0.5) is 5.69 Å². The van der Waals surface area contributed by atoms with E-state index in [2.05, 4.69) is 5.32 Å². The summed E-state index contributed by atoms with van der Waals surface area (Å²) < 4.78 is 5.09. The van der Waals surface area contributed by atoms with Gasteiger partial charge in [-0.15, -0.1) is 0 Å². The average molecular weight is 313 g/mol. The molecular weight excluding hydrogens is 292 g/mol. The molecule has 1 rings (SSSR count). The van der Waals surface area contributed by atoms with Crippen molar-refractivity contribution >= 4 is 29.1 Å². The zero-order chi connectivity index (χ0) is 15.8. The van der Waals surface area contributed by atoms with E-state index in [1.54, 1.807) is 23.1 Å². The number of hydrogen-bond acceptors (Lipinski definition) is 3. The zero-order valence-corrected chi connectivity index (χ0v) is 13.4. The van der Waals surface area contributed by atoms with Gasteiger partial charge in [-0.1, -0.05) is 18.5 Å². The second-order valence-electron chi connectivity index (χ2n) is 4.59. The molecule has 0 fully saturated rings. The number of nitrogens with zero attached hydrogens (tertiary/aromatic N) is 1. The first-order valence-corrected chi connectivity index (χ1v) is 7.25. The highest BCUT2D eigenvalue weighted by Crippen LogP contribution is 2.29. The van der Waals surface area contributed by atoms with Crippen molar-refractivity contribution in [3.8, 4) is 5.75 Å². The standard InChI is InChI=1S/C15H21ClN2O3/c1-4-5-15(20)17-8-9-18(11(2)19)12-6-7-14(21-3)13(16)10-12/h6-7,10H,4-5,8-9H2,1-3H3,(H,17,20). The Morgan fingerprint density at radius 2 is 2.10 bits per heavy atom.